The topological polar surface area (TPSA) is 79.0 Å². The molecule has 3 heterocycles. The highest BCUT2D eigenvalue weighted by atomic mass is 16.5. The van der Waals surface area contributed by atoms with E-state index in [1.807, 2.05) is 77.8 Å². The summed E-state index contributed by atoms with van der Waals surface area (Å²) in [5.41, 5.74) is 3.04. The van der Waals surface area contributed by atoms with Gasteiger partial charge in [-0.15, -0.1) is 0 Å². The molecule has 39 heavy (non-hydrogen) atoms. The number of nitrogens with one attached hydrogen (secondary N) is 1. The first-order chi connectivity index (χ1) is 19.0. The summed E-state index contributed by atoms with van der Waals surface area (Å²) in [4.78, 5) is 45.2. The number of hydrogen-bond donors (Lipinski definition) is 1. The van der Waals surface area contributed by atoms with E-state index >= 15 is 0 Å². The Kier molecular flexibility index (Phi) is 5.26. The second-order valence-electron chi connectivity index (χ2n) is 10.1. The largest absolute Gasteiger partial charge is 0.497 e. The minimum absolute atomic E-state index is 0.278. The number of amides is 3. The summed E-state index contributed by atoms with van der Waals surface area (Å²) in [5.74, 6) is -1.81. The van der Waals surface area contributed by atoms with Gasteiger partial charge in [0.2, 0.25) is 17.7 Å². The molecule has 1 N–H and O–H groups in total. The van der Waals surface area contributed by atoms with Crippen molar-refractivity contribution in [1.82, 2.24) is 4.90 Å². The van der Waals surface area contributed by atoms with E-state index in [4.69, 9.17) is 4.74 Å². The molecule has 2 fully saturated rings. The number of imide groups is 1. The van der Waals surface area contributed by atoms with Crippen LogP contribution in [0.5, 0.6) is 5.75 Å². The third-order valence-corrected chi connectivity index (χ3v) is 8.08. The van der Waals surface area contributed by atoms with Gasteiger partial charge in [-0.2, -0.15) is 0 Å². The van der Waals surface area contributed by atoms with Gasteiger partial charge in [-0.05, 0) is 64.4 Å². The molecule has 192 valence electrons. The monoisotopic (exact) mass is 515 g/mol. The molecule has 4 aromatic rings. The van der Waals surface area contributed by atoms with Crippen LogP contribution in [-0.4, -0.2) is 35.8 Å². The number of anilines is 2. The summed E-state index contributed by atoms with van der Waals surface area (Å²) in [6.45, 7) is 0. The fourth-order valence-electron chi connectivity index (χ4n) is 6.32. The number of carbonyl (C=O) groups is 3. The highest BCUT2D eigenvalue weighted by molar-refractivity contribution is 6.24. The number of fused-ring (bicyclic) bond motifs is 6. The van der Waals surface area contributed by atoms with E-state index in [0.29, 0.717) is 17.1 Å². The van der Waals surface area contributed by atoms with Crippen molar-refractivity contribution in [3.63, 3.8) is 0 Å². The Morgan fingerprint density at radius 3 is 2.33 bits per heavy atom. The second-order valence-corrected chi connectivity index (χ2v) is 10.1. The van der Waals surface area contributed by atoms with Crippen molar-refractivity contribution in [3.8, 4) is 5.75 Å². The SMILES string of the molecule is COc1ccc(NC(=O)[C@@H]2[C@@H]3C(=O)N(c4ccc5ccccc5c4)C(=O)[C@@H]3[C@H]3c4ccccc4C=CN23)cc1. The molecular weight excluding hydrogens is 490 g/mol. The molecule has 7 rings (SSSR count). The van der Waals surface area contributed by atoms with Crippen molar-refractivity contribution in [1.29, 1.82) is 0 Å². The van der Waals surface area contributed by atoms with Gasteiger partial charge in [0.1, 0.15) is 11.8 Å². The minimum atomic E-state index is -0.853. The summed E-state index contributed by atoms with van der Waals surface area (Å²) >= 11 is 0. The van der Waals surface area contributed by atoms with E-state index in [1.54, 1.807) is 37.4 Å². The van der Waals surface area contributed by atoms with Crippen molar-refractivity contribution in [3.05, 3.63) is 108 Å². The highest BCUT2D eigenvalue weighted by Crippen LogP contribution is 2.53. The number of ether oxygens (including phenoxy) is 1. The van der Waals surface area contributed by atoms with Crippen LogP contribution >= 0.6 is 0 Å². The Labute approximate surface area is 225 Å². The molecule has 2 saturated heterocycles. The number of methoxy groups -OCH3 is 1. The Balaban J connectivity index is 1.30. The van der Waals surface area contributed by atoms with Crippen LogP contribution in [0.1, 0.15) is 17.2 Å². The molecule has 0 saturated carbocycles. The third kappa shape index (κ3) is 3.54. The molecule has 4 aromatic carbocycles. The van der Waals surface area contributed by atoms with Crippen molar-refractivity contribution >= 4 is 45.9 Å². The van der Waals surface area contributed by atoms with Crippen LogP contribution < -0.4 is 15.0 Å². The first-order valence-electron chi connectivity index (χ1n) is 12.9. The van der Waals surface area contributed by atoms with Crippen molar-refractivity contribution < 1.29 is 19.1 Å². The number of rotatable bonds is 4. The fourth-order valence-corrected chi connectivity index (χ4v) is 6.32. The number of benzene rings is 4. The third-order valence-electron chi connectivity index (χ3n) is 8.08. The maximum Gasteiger partial charge on any atom is 0.247 e. The summed E-state index contributed by atoms with van der Waals surface area (Å²) in [6.07, 6.45) is 3.79. The molecule has 3 aliphatic heterocycles. The molecule has 4 atom stereocenters. The normalized spacial score (nSPS) is 23.0. The lowest BCUT2D eigenvalue weighted by Crippen LogP contribution is -2.46. The summed E-state index contributed by atoms with van der Waals surface area (Å²) in [5, 5.41) is 4.93. The smallest absolute Gasteiger partial charge is 0.247 e. The zero-order valence-electron chi connectivity index (χ0n) is 21.2. The Hall–Kier alpha value is -4.91. The van der Waals surface area contributed by atoms with Gasteiger partial charge in [0.25, 0.3) is 0 Å². The molecular formula is C32H25N3O4. The van der Waals surface area contributed by atoms with E-state index in [0.717, 1.165) is 21.9 Å². The van der Waals surface area contributed by atoms with Crippen LogP contribution in [0, 0.1) is 11.8 Å². The van der Waals surface area contributed by atoms with Crippen LogP contribution in [0.15, 0.2) is 97.2 Å². The summed E-state index contributed by atoms with van der Waals surface area (Å²) < 4.78 is 5.22. The van der Waals surface area contributed by atoms with Crippen LogP contribution in [0.3, 0.4) is 0 Å². The van der Waals surface area contributed by atoms with Gasteiger partial charge in [0, 0.05) is 11.9 Å². The maximum atomic E-state index is 14.1. The van der Waals surface area contributed by atoms with Gasteiger partial charge >= 0.3 is 0 Å². The lowest BCUT2D eigenvalue weighted by Gasteiger charge is -2.35. The van der Waals surface area contributed by atoms with Gasteiger partial charge in [0.05, 0.1) is 30.7 Å². The van der Waals surface area contributed by atoms with E-state index in [-0.39, 0.29) is 17.7 Å². The van der Waals surface area contributed by atoms with Gasteiger partial charge in [0.15, 0.2) is 0 Å². The van der Waals surface area contributed by atoms with Crippen molar-refractivity contribution in [2.75, 3.05) is 17.3 Å². The van der Waals surface area contributed by atoms with Crippen molar-refractivity contribution in [2.24, 2.45) is 11.8 Å². The molecule has 3 aliphatic rings. The van der Waals surface area contributed by atoms with Gasteiger partial charge < -0.3 is 15.0 Å². The number of carbonyl (C=O) groups excluding carboxylic acids is 3. The molecule has 0 unspecified atom stereocenters. The Morgan fingerprint density at radius 1 is 0.821 bits per heavy atom. The van der Waals surface area contributed by atoms with Crippen LogP contribution in [0.25, 0.3) is 16.8 Å². The van der Waals surface area contributed by atoms with E-state index < -0.39 is 23.9 Å². The van der Waals surface area contributed by atoms with E-state index in [1.165, 1.54) is 4.90 Å². The summed E-state index contributed by atoms with van der Waals surface area (Å²) in [7, 11) is 1.58. The first kappa shape index (κ1) is 23.2. The second kappa shape index (κ2) is 8.84. The molecule has 7 heteroatoms. The fraction of sp³-hybridized carbons (Fsp3) is 0.156. The molecule has 0 aromatic heterocycles. The molecule has 7 nitrogen and oxygen atoms in total. The molecule has 0 aliphatic carbocycles. The quantitative estimate of drug-likeness (QED) is 0.387. The molecule has 0 spiro atoms. The lowest BCUT2D eigenvalue weighted by atomic mass is 9.84. The summed E-state index contributed by atoms with van der Waals surface area (Å²) in [6, 6.07) is 27.0. The molecule has 3 amide bonds. The van der Waals surface area contributed by atoms with E-state index in [9.17, 15) is 14.4 Å². The average molecular weight is 516 g/mol. The van der Waals surface area contributed by atoms with Crippen LogP contribution in [0.4, 0.5) is 11.4 Å². The van der Waals surface area contributed by atoms with E-state index in [2.05, 4.69) is 5.32 Å². The Bertz CT molecular complexity index is 1680. The zero-order chi connectivity index (χ0) is 26.7. The standard InChI is InChI=1S/C32H25N3O4/c1-39-24-14-11-22(12-15-24)33-30(36)29-27-26(28-25-9-5-4-7-20(25)16-17-34(28)29)31(37)35(32(27)38)23-13-10-19-6-2-3-8-21(19)18-23/h2-18,26-29H,1H3,(H,33,36)/t26-,27+,28+,29-/m0/s1. The van der Waals surface area contributed by atoms with Crippen LogP contribution in [0.2, 0.25) is 0 Å². The van der Waals surface area contributed by atoms with Crippen LogP contribution in [-0.2, 0) is 14.4 Å². The average Bonchev–Trinajstić information content (AvgIpc) is 3.45. The number of hydrogen-bond acceptors (Lipinski definition) is 5. The first-order valence-corrected chi connectivity index (χ1v) is 12.9. The lowest BCUT2D eigenvalue weighted by molar-refractivity contribution is -0.128. The van der Waals surface area contributed by atoms with Crippen molar-refractivity contribution in [2.45, 2.75) is 12.1 Å². The maximum absolute atomic E-state index is 14.1. The zero-order valence-corrected chi connectivity index (χ0v) is 21.2. The minimum Gasteiger partial charge on any atom is -0.497 e. The molecule has 0 bridgehead atoms. The van der Waals surface area contributed by atoms with Gasteiger partial charge in [-0.1, -0.05) is 54.6 Å². The Morgan fingerprint density at radius 2 is 1.54 bits per heavy atom. The highest BCUT2D eigenvalue weighted by Gasteiger charge is 2.64. The molecule has 0 radical (unpaired) electrons. The van der Waals surface area contributed by atoms with Gasteiger partial charge in [-0.25, -0.2) is 4.90 Å². The van der Waals surface area contributed by atoms with Gasteiger partial charge in [-0.3, -0.25) is 14.4 Å². The predicted octanol–water partition coefficient (Wildman–Crippen LogP) is 5.00. The number of nitrogens with zero attached hydrogens (tertiary/aromatic N) is 2. The predicted molar refractivity (Wildman–Crippen MR) is 149 cm³/mol.